The third-order valence-corrected chi connectivity index (χ3v) is 8.21. The van der Waals surface area contributed by atoms with Crippen molar-refractivity contribution in [1.82, 2.24) is 15.1 Å². The van der Waals surface area contributed by atoms with E-state index in [1.165, 1.54) is 11.1 Å². The predicted molar refractivity (Wildman–Crippen MR) is 161 cm³/mol. The maximum Gasteiger partial charge on any atom is 0.314 e. The van der Waals surface area contributed by atoms with Gasteiger partial charge >= 0.3 is 6.03 Å². The molecule has 0 radical (unpaired) electrons. The van der Waals surface area contributed by atoms with Crippen molar-refractivity contribution >= 4 is 35.1 Å². The summed E-state index contributed by atoms with van der Waals surface area (Å²) in [6.07, 6.45) is 4.45. The molecule has 1 aliphatic carbocycles. The molecule has 8 nitrogen and oxygen atoms in total. The van der Waals surface area contributed by atoms with E-state index in [2.05, 4.69) is 27.7 Å². The SMILES string of the molecule is NC(=O)N1CCCN(CCc2ccc(C(=O)NC3CCCc4ccccc43)cc2NC(=O)c2cccc(Cl)c2)CC1. The lowest BCUT2D eigenvalue weighted by molar-refractivity contribution is 0.0931. The Morgan fingerprint density at radius 3 is 2.54 bits per heavy atom. The Kier molecular flexibility index (Phi) is 9.21. The highest BCUT2D eigenvalue weighted by molar-refractivity contribution is 6.31. The van der Waals surface area contributed by atoms with Crippen LogP contribution in [0.1, 0.15) is 62.7 Å². The molecule has 1 saturated heterocycles. The number of anilines is 1. The fraction of sp³-hybridized carbons (Fsp3) is 0.344. The van der Waals surface area contributed by atoms with Crippen LogP contribution in [0.25, 0.3) is 0 Å². The van der Waals surface area contributed by atoms with Gasteiger partial charge in [-0.3, -0.25) is 9.59 Å². The molecule has 41 heavy (non-hydrogen) atoms. The number of hydrogen-bond acceptors (Lipinski definition) is 4. The quantitative estimate of drug-likeness (QED) is 0.368. The van der Waals surface area contributed by atoms with Gasteiger partial charge in [-0.15, -0.1) is 0 Å². The van der Waals surface area contributed by atoms with Crippen LogP contribution in [-0.2, 0) is 12.8 Å². The highest BCUT2D eigenvalue weighted by Gasteiger charge is 2.23. The minimum Gasteiger partial charge on any atom is -0.351 e. The summed E-state index contributed by atoms with van der Waals surface area (Å²) in [4.78, 5) is 42.2. The van der Waals surface area contributed by atoms with Crippen LogP contribution in [0.2, 0.25) is 5.02 Å². The Morgan fingerprint density at radius 1 is 0.878 bits per heavy atom. The average molecular weight is 574 g/mol. The minimum absolute atomic E-state index is 0.0420. The third-order valence-electron chi connectivity index (χ3n) is 7.98. The number of nitrogens with two attached hydrogens (primary N) is 1. The molecular formula is C32H36ClN5O3. The molecule has 2 aliphatic rings. The summed E-state index contributed by atoms with van der Waals surface area (Å²) in [5.41, 5.74) is 10.4. The van der Waals surface area contributed by atoms with Gasteiger partial charge in [0.1, 0.15) is 0 Å². The first-order valence-corrected chi connectivity index (χ1v) is 14.6. The standard InChI is InChI=1S/C32H36ClN5O3/c33-26-9-3-8-24(20-26)30(39)36-29-21-25(31(40)35-28-11-4-7-22-6-1-2-10-27(22)28)13-12-23(29)14-17-37-15-5-16-38(19-18-37)32(34)41/h1-3,6,8-10,12-13,20-21,28H,4-5,7,11,14-19H2,(H2,34,41)(H,35,40)(H,36,39). The number of benzene rings is 3. The van der Waals surface area contributed by atoms with Crippen molar-refractivity contribution in [1.29, 1.82) is 0 Å². The van der Waals surface area contributed by atoms with Gasteiger partial charge in [-0.1, -0.05) is 48.0 Å². The van der Waals surface area contributed by atoms with E-state index in [1.807, 2.05) is 24.3 Å². The van der Waals surface area contributed by atoms with E-state index in [0.29, 0.717) is 41.3 Å². The van der Waals surface area contributed by atoms with Crippen molar-refractivity contribution in [2.45, 2.75) is 38.1 Å². The molecule has 214 valence electrons. The van der Waals surface area contributed by atoms with Gasteiger partial charge in [0.25, 0.3) is 11.8 Å². The fourth-order valence-electron chi connectivity index (χ4n) is 5.72. The lowest BCUT2D eigenvalue weighted by atomic mass is 9.87. The van der Waals surface area contributed by atoms with Crippen LogP contribution < -0.4 is 16.4 Å². The first-order valence-electron chi connectivity index (χ1n) is 14.2. The number of nitrogens with one attached hydrogen (secondary N) is 2. The molecular weight excluding hydrogens is 538 g/mol. The Balaban J connectivity index is 1.34. The summed E-state index contributed by atoms with van der Waals surface area (Å²) in [5, 5.41) is 6.72. The number of primary amides is 1. The lowest BCUT2D eigenvalue weighted by Gasteiger charge is -2.26. The normalized spacial score (nSPS) is 17.3. The number of carbonyl (C=O) groups is 3. The zero-order valence-corrected chi connectivity index (χ0v) is 23.8. The molecule has 0 aromatic heterocycles. The van der Waals surface area contributed by atoms with Crippen molar-refractivity contribution < 1.29 is 14.4 Å². The maximum absolute atomic E-state index is 13.4. The number of aryl methyl sites for hydroxylation is 1. The van der Waals surface area contributed by atoms with Gasteiger partial charge in [0.15, 0.2) is 0 Å². The van der Waals surface area contributed by atoms with Crippen LogP contribution in [0.5, 0.6) is 0 Å². The highest BCUT2D eigenvalue weighted by atomic mass is 35.5. The van der Waals surface area contributed by atoms with Crippen LogP contribution >= 0.6 is 11.6 Å². The molecule has 9 heteroatoms. The number of fused-ring (bicyclic) bond motifs is 1. The van der Waals surface area contributed by atoms with Gasteiger partial charge in [-0.25, -0.2) is 4.79 Å². The van der Waals surface area contributed by atoms with Crippen LogP contribution in [0.4, 0.5) is 10.5 Å². The molecule has 0 bridgehead atoms. The van der Waals surface area contributed by atoms with Gasteiger partial charge in [0.2, 0.25) is 0 Å². The molecule has 3 aromatic rings. The minimum atomic E-state index is -0.386. The monoisotopic (exact) mass is 573 g/mol. The molecule has 4 N–H and O–H groups in total. The van der Waals surface area contributed by atoms with Crippen molar-refractivity contribution in [3.63, 3.8) is 0 Å². The van der Waals surface area contributed by atoms with Gasteiger partial charge in [-0.2, -0.15) is 0 Å². The second kappa shape index (κ2) is 13.2. The molecule has 4 amide bonds. The number of nitrogens with zero attached hydrogens (tertiary/aromatic N) is 2. The second-order valence-corrected chi connectivity index (χ2v) is 11.2. The van der Waals surface area contributed by atoms with Crippen LogP contribution in [0.3, 0.4) is 0 Å². The number of urea groups is 1. The van der Waals surface area contributed by atoms with E-state index >= 15 is 0 Å². The maximum atomic E-state index is 13.4. The van der Waals surface area contributed by atoms with Crippen molar-refractivity contribution in [2.24, 2.45) is 5.73 Å². The topological polar surface area (TPSA) is 108 Å². The zero-order chi connectivity index (χ0) is 28.8. The third kappa shape index (κ3) is 7.26. The van der Waals surface area contributed by atoms with Gasteiger partial charge in [0.05, 0.1) is 6.04 Å². The van der Waals surface area contributed by atoms with Crippen molar-refractivity contribution in [2.75, 3.05) is 38.0 Å². The molecule has 1 unspecified atom stereocenters. The van der Waals surface area contributed by atoms with Crippen LogP contribution in [0.15, 0.2) is 66.7 Å². The Morgan fingerprint density at radius 2 is 1.71 bits per heavy atom. The van der Waals surface area contributed by atoms with Gasteiger partial charge < -0.3 is 26.2 Å². The number of amides is 4. The number of halogens is 1. The Hall–Kier alpha value is -3.88. The lowest BCUT2D eigenvalue weighted by Crippen LogP contribution is -2.38. The van der Waals surface area contributed by atoms with Crippen molar-refractivity contribution in [3.8, 4) is 0 Å². The smallest absolute Gasteiger partial charge is 0.314 e. The van der Waals surface area contributed by atoms with E-state index in [-0.39, 0.29) is 23.9 Å². The van der Waals surface area contributed by atoms with Gasteiger partial charge in [-0.05, 0) is 85.7 Å². The Bertz CT molecular complexity index is 1430. The van der Waals surface area contributed by atoms with E-state index in [9.17, 15) is 14.4 Å². The largest absolute Gasteiger partial charge is 0.351 e. The molecule has 1 aliphatic heterocycles. The number of hydrogen-bond donors (Lipinski definition) is 3. The number of rotatable bonds is 7. The zero-order valence-electron chi connectivity index (χ0n) is 23.1. The van der Waals surface area contributed by atoms with E-state index in [0.717, 1.165) is 50.9 Å². The second-order valence-electron chi connectivity index (χ2n) is 10.7. The van der Waals surface area contributed by atoms with Crippen molar-refractivity contribution in [3.05, 3.63) is 99.6 Å². The number of carbonyl (C=O) groups excluding carboxylic acids is 3. The molecule has 3 aromatic carbocycles. The molecule has 5 rings (SSSR count). The summed E-state index contributed by atoms with van der Waals surface area (Å²) in [6.45, 7) is 3.59. The summed E-state index contributed by atoms with van der Waals surface area (Å²) in [6, 6.07) is 20.1. The average Bonchev–Trinajstić information content (AvgIpc) is 3.23. The van der Waals surface area contributed by atoms with Gasteiger partial charge in [0, 0.05) is 48.0 Å². The van der Waals surface area contributed by atoms with E-state index in [1.54, 1.807) is 35.2 Å². The van der Waals surface area contributed by atoms with Crippen LogP contribution in [0, 0.1) is 0 Å². The summed E-state index contributed by atoms with van der Waals surface area (Å²) in [7, 11) is 0. The molecule has 1 fully saturated rings. The summed E-state index contributed by atoms with van der Waals surface area (Å²) < 4.78 is 0. The molecule has 0 spiro atoms. The first-order chi connectivity index (χ1) is 19.9. The first kappa shape index (κ1) is 28.6. The fourth-order valence-corrected chi connectivity index (χ4v) is 5.91. The highest BCUT2D eigenvalue weighted by Crippen LogP contribution is 2.30. The Labute approximate surface area is 245 Å². The predicted octanol–water partition coefficient (Wildman–Crippen LogP) is 5.03. The molecule has 1 atom stereocenters. The van der Waals surface area contributed by atoms with Crippen LogP contribution in [-0.4, -0.2) is 60.4 Å². The van der Waals surface area contributed by atoms with E-state index in [4.69, 9.17) is 17.3 Å². The summed E-state index contributed by atoms with van der Waals surface area (Å²) in [5.74, 6) is -0.463. The van der Waals surface area contributed by atoms with E-state index < -0.39 is 0 Å². The summed E-state index contributed by atoms with van der Waals surface area (Å²) >= 11 is 6.13. The molecule has 0 saturated carbocycles. The molecule has 1 heterocycles.